The van der Waals surface area contributed by atoms with E-state index in [4.69, 9.17) is 4.42 Å². The van der Waals surface area contributed by atoms with Gasteiger partial charge in [-0.3, -0.25) is 4.79 Å². The first-order chi connectivity index (χ1) is 13.7. The van der Waals surface area contributed by atoms with Gasteiger partial charge in [-0.1, -0.05) is 30.3 Å². The van der Waals surface area contributed by atoms with Crippen LogP contribution >= 0.6 is 0 Å². The molecule has 2 aromatic carbocycles. The zero-order valence-electron chi connectivity index (χ0n) is 16.5. The zero-order chi connectivity index (χ0) is 19.1. The Kier molecular flexibility index (Phi) is 4.56. The van der Waals surface area contributed by atoms with Crippen molar-refractivity contribution >= 4 is 16.8 Å². The Morgan fingerprint density at radius 1 is 1.07 bits per heavy atom. The number of hydrogen-bond donors (Lipinski definition) is 0. The molecule has 3 nitrogen and oxygen atoms in total. The molecule has 1 aliphatic heterocycles. The lowest BCUT2D eigenvalue weighted by Crippen LogP contribution is -2.28. The molecule has 28 heavy (non-hydrogen) atoms. The van der Waals surface area contributed by atoms with E-state index in [2.05, 4.69) is 42.2 Å². The number of furan rings is 1. The first-order valence-corrected chi connectivity index (χ1v) is 10.6. The normalized spacial score (nSPS) is 20.1. The third-order valence-corrected chi connectivity index (χ3v) is 6.34. The maximum Gasteiger partial charge on any atom is 0.165 e. The number of likely N-dealkylation sites (tertiary alicyclic amines) is 1. The van der Waals surface area contributed by atoms with Crippen molar-refractivity contribution in [3.8, 4) is 11.1 Å². The average molecular weight is 373 g/mol. The maximum atomic E-state index is 12.4. The van der Waals surface area contributed by atoms with Crippen molar-refractivity contribution in [2.24, 2.45) is 5.92 Å². The number of benzene rings is 2. The summed E-state index contributed by atoms with van der Waals surface area (Å²) in [7, 11) is 0. The number of nitrogens with zero attached hydrogens (tertiary/aromatic N) is 1. The van der Waals surface area contributed by atoms with E-state index in [0.29, 0.717) is 11.8 Å². The van der Waals surface area contributed by atoms with Crippen molar-refractivity contribution in [3.05, 3.63) is 59.9 Å². The quantitative estimate of drug-likeness (QED) is 0.518. The molecule has 0 spiro atoms. The highest BCUT2D eigenvalue weighted by molar-refractivity contribution is 6.00. The lowest BCUT2D eigenvalue weighted by Gasteiger charge is -2.19. The van der Waals surface area contributed by atoms with E-state index in [9.17, 15) is 4.79 Å². The van der Waals surface area contributed by atoms with Gasteiger partial charge in [0, 0.05) is 35.9 Å². The summed E-state index contributed by atoms with van der Waals surface area (Å²) in [5, 5.41) is 1.15. The van der Waals surface area contributed by atoms with Crippen LogP contribution in [0.5, 0.6) is 0 Å². The molecule has 3 aromatic rings. The Balaban J connectivity index is 1.36. The largest absolute Gasteiger partial charge is 0.461 e. The van der Waals surface area contributed by atoms with Gasteiger partial charge in [-0.25, -0.2) is 0 Å². The molecule has 0 amide bonds. The fourth-order valence-corrected chi connectivity index (χ4v) is 4.40. The van der Waals surface area contributed by atoms with Crippen molar-refractivity contribution in [2.45, 2.75) is 45.1 Å². The zero-order valence-corrected chi connectivity index (χ0v) is 16.5. The topological polar surface area (TPSA) is 33.5 Å². The second-order valence-corrected chi connectivity index (χ2v) is 8.46. The first-order valence-electron chi connectivity index (χ1n) is 10.6. The van der Waals surface area contributed by atoms with Gasteiger partial charge in [-0.2, -0.15) is 0 Å². The predicted molar refractivity (Wildman–Crippen MR) is 113 cm³/mol. The van der Waals surface area contributed by atoms with Gasteiger partial charge in [0.1, 0.15) is 11.3 Å². The molecule has 2 heterocycles. The van der Waals surface area contributed by atoms with Crippen molar-refractivity contribution in [3.63, 3.8) is 0 Å². The van der Waals surface area contributed by atoms with Crippen LogP contribution in [0.25, 0.3) is 22.1 Å². The van der Waals surface area contributed by atoms with Gasteiger partial charge in [-0.05, 0) is 68.5 Å². The number of carbonyl (C=O) groups excluding carboxylic acids is 1. The average Bonchev–Trinajstić information content (AvgIpc) is 3.36. The van der Waals surface area contributed by atoms with Gasteiger partial charge in [0.05, 0.1) is 0 Å². The molecule has 2 aliphatic rings. The van der Waals surface area contributed by atoms with E-state index in [-0.39, 0.29) is 5.92 Å². The van der Waals surface area contributed by atoms with Gasteiger partial charge in [0.2, 0.25) is 0 Å². The minimum Gasteiger partial charge on any atom is -0.461 e. The molecule has 2 fully saturated rings. The fourth-order valence-electron chi connectivity index (χ4n) is 4.40. The summed E-state index contributed by atoms with van der Waals surface area (Å²) < 4.78 is 6.16. The number of hydrogen-bond acceptors (Lipinski definition) is 3. The van der Waals surface area contributed by atoms with Gasteiger partial charge in [0.15, 0.2) is 5.78 Å². The standard InChI is InChI=1S/C25H27NO2/c1-17-4-3-12-26(17)13-11-23-15-21-10-9-20(16-24(21)28-23)19-5-2-6-22(14-19)25(27)18-7-8-18/h2,5-6,9-10,14-18H,3-4,7-8,11-13H2,1H3/t17-/m1/s1. The molecule has 1 saturated carbocycles. The molecule has 1 aromatic heterocycles. The molecule has 0 bridgehead atoms. The molecule has 144 valence electrons. The number of rotatable bonds is 6. The van der Waals surface area contributed by atoms with E-state index in [1.54, 1.807) is 0 Å². The molecule has 3 heteroatoms. The second kappa shape index (κ2) is 7.21. The Labute approximate surface area is 166 Å². The summed E-state index contributed by atoms with van der Waals surface area (Å²) in [6.07, 6.45) is 5.67. The second-order valence-electron chi connectivity index (χ2n) is 8.46. The molecule has 1 aliphatic carbocycles. The fraction of sp³-hybridized carbons (Fsp3) is 0.400. The molecule has 1 saturated heterocycles. The summed E-state index contributed by atoms with van der Waals surface area (Å²) in [6.45, 7) is 4.60. The third kappa shape index (κ3) is 3.51. The minimum atomic E-state index is 0.253. The van der Waals surface area contributed by atoms with E-state index in [1.807, 2.05) is 18.2 Å². The number of carbonyl (C=O) groups is 1. The van der Waals surface area contributed by atoms with E-state index in [0.717, 1.165) is 59.2 Å². The van der Waals surface area contributed by atoms with Crippen LogP contribution in [0.15, 0.2) is 52.9 Å². The predicted octanol–water partition coefficient (Wildman–Crippen LogP) is 5.72. The van der Waals surface area contributed by atoms with E-state index < -0.39 is 0 Å². The van der Waals surface area contributed by atoms with Crippen LogP contribution in [0.1, 0.15) is 48.7 Å². The molecule has 0 radical (unpaired) electrons. The summed E-state index contributed by atoms with van der Waals surface area (Å²) in [5.41, 5.74) is 3.95. The number of ketones is 1. The Hall–Kier alpha value is -2.39. The SMILES string of the molecule is C[C@@H]1CCCN1CCc1cc2ccc(-c3cccc(C(=O)C4CC4)c3)cc2o1. The van der Waals surface area contributed by atoms with Crippen LogP contribution in [0.2, 0.25) is 0 Å². The van der Waals surface area contributed by atoms with Crippen molar-refractivity contribution < 1.29 is 9.21 Å². The molecular formula is C25H27NO2. The number of Topliss-reactive ketones (excluding diaryl/α,β-unsaturated/α-hetero) is 1. The molecular weight excluding hydrogens is 346 g/mol. The van der Waals surface area contributed by atoms with Crippen LogP contribution in [0, 0.1) is 5.92 Å². The molecule has 1 atom stereocenters. The molecule has 0 unspecified atom stereocenters. The van der Waals surface area contributed by atoms with Crippen molar-refractivity contribution in [1.29, 1.82) is 0 Å². The maximum absolute atomic E-state index is 12.4. The Morgan fingerprint density at radius 2 is 1.93 bits per heavy atom. The lowest BCUT2D eigenvalue weighted by molar-refractivity contribution is 0.0967. The van der Waals surface area contributed by atoms with Gasteiger partial charge >= 0.3 is 0 Å². The highest BCUT2D eigenvalue weighted by atomic mass is 16.3. The van der Waals surface area contributed by atoms with Crippen molar-refractivity contribution in [2.75, 3.05) is 13.1 Å². The van der Waals surface area contributed by atoms with Gasteiger partial charge in [0.25, 0.3) is 0 Å². The lowest BCUT2D eigenvalue weighted by atomic mass is 9.99. The minimum absolute atomic E-state index is 0.253. The summed E-state index contributed by atoms with van der Waals surface area (Å²) in [6, 6.07) is 17.3. The Morgan fingerprint density at radius 3 is 2.71 bits per heavy atom. The smallest absolute Gasteiger partial charge is 0.165 e. The summed E-state index contributed by atoms with van der Waals surface area (Å²) in [5.74, 6) is 1.60. The Bertz CT molecular complexity index is 1010. The molecule has 0 N–H and O–H groups in total. The van der Waals surface area contributed by atoms with Gasteiger partial charge in [-0.15, -0.1) is 0 Å². The highest BCUT2D eigenvalue weighted by Gasteiger charge is 2.30. The van der Waals surface area contributed by atoms with Gasteiger partial charge < -0.3 is 9.32 Å². The van der Waals surface area contributed by atoms with Crippen molar-refractivity contribution in [1.82, 2.24) is 4.90 Å². The molecule has 5 rings (SSSR count). The monoisotopic (exact) mass is 373 g/mol. The third-order valence-electron chi connectivity index (χ3n) is 6.34. The van der Waals surface area contributed by atoms with Crippen LogP contribution < -0.4 is 0 Å². The first kappa shape index (κ1) is 17.7. The van der Waals surface area contributed by atoms with E-state index in [1.165, 1.54) is 19.4 Å². The van der Waals surface area contributed by atoms with Crippen LogP contribution in [0.4, 0.5) is 0 Å². The van der Waals surface area contributed by atoms with Crippen LogP contribution in [-0.4, -0.2) is 29.8 Å². The number of fused-ring (bicyclic) bond motifs is 1. The highest BCUT2D eigenvalue weighted by Crippen LogP contribution is 2.34. The van der Waals surface area contributed by atoms with Crippen LogP contribution in [-0.2, 0) is 6.42 Å². The summed E-state index contributed by atoms with van der Waals surface area (Å²) >= 11 is 0. The van der Waals surface area contributed by atoms with Crippen LogP contribution in [0.3, 0.4) is 0 Å². The van der Waals surface area contributed by atoms with E-state index >= 15 is 0 Å². The summed E-state index contributed by atoms with van der Waals surface area (Å²) in [4.78, 5) is 14.9.